The van der Waals surface area contributed by atoms with Gasteiger partial charge in [0.2, 0.25) is 0 Å². The van der Waals surface area contributed by atoms with E-state index in [9.17, 15) is 4.79 Å². The number of hydrogen-bond acceptors (Lipinski definition) is 4. The largest absolute Gasteiger partial charge is 0.480 e. The average Bonchev–Trinajstić information content (AvgIpc) is 2.91. The molecule has 6 nitrogen and oxygen atoms in total. The number of nitrogens with zero attached hydrogens (tertiary/aromatic N) is 2. The van der Waals surface area contributed by atoms with Gasteiger partial charge in [0.25, 0.3) is 0 Å². The lowest BCUT2D eigenvalue weighted by Gasteiger charge is -2.06. The maximum atomic E-state index is 10.9. The van der Waals surface area contributed by atoms with Crippen molar-refractivity contribution < 1.29 is 9.90 Å². The molecule has 21 heavy (non-hydrogen) atoms. The van der Waals surface area contributed by atoms with Crippen LogP contribution in [0, 0.1) is 0 Å². The number of carbonyl (C=O) groups is 1. The number of carboxylic acids is 1. The minimum atomic E-state index is -1.01. The smallest absolute Gasteiger partial charge is 0.320 e. The molecule has 2 aromatic heterocycles. The number of aromatic nitrogens is 3. The van der Waals surface area contributed by atoms with Gasteiger partial charge in [0.1, 0.15) is 6.04 Å². The van der Waals surface area contributed by atoms with E-state index >= 15 is 0 Å². The topological polar surface area (TPSA) is 105 Å². The van der Waals surface area contributed by atoms with Crippen LogP contribution in [0.15, 0.2) is 42.7 Å². The lowest BCUT2D eigenvalue weighted by molar-refractivity contribution is -0.138. The van der Waals surface area contributed by atoms with Crippen molar-refractivity contribution in [3.63, 3.8) is 0 Å². The van der Waals surface area contributed by atoms with Crippen LogP contribution in [0.25, 0.3) is 22.2 Å². The number of aromatic amines is 1. The predicted molar refractivity (Wildman–Crippen MR) is 78.6 cm³/mol. The average molecular weight is 282 g/mol. The highest BCUT2D eigenvalue weighted by Gasteiger charge is 2.16. The van der Waals surface area contributed by atoms with Crippen LogP contribution in [0.1, 0.15) is 5.56 Å². The van der Waals surface area contributed by atoms with E-state index in [1.807, 2.05) is 30.3 Å². The van der Waals surface area contributed by atoms with Gasteiger partial charge in [-0.1, -0.05) is 18.2 Å². The van der Waals surface area contributed by atoms with Crippen molar-refractivity contribution in [3.8, 4) is 11.3 Å². The van der Waals surface area contributed by atoms with Crippen molar-refractivity contribution in [2.75, 3.05) is 0 Å². The molecule has 2 heterocycles. The first kappa shape index (κ1) is 13.3. The molecule has 3 aromatic rings. The Balaban J connectivity index is 2.06. The fourth-order valence-corrected chi connectivity index (χ4v) is 2.36. The number of nitrogens with one attached hydrogen (secondary N) is 1. The number of para-hydroxylation sites is 1. The third-order valence-electron chi connectivity index (χ3n) is 3.41. The van der Waals surface area contributed by atoms with Gasteiger partial charge in [0, 0.05) is 29.8 Å². The first-order chi connectivity index (χ1) is 10.2. The summed E-state index contributed by atoms with van der Waals surface area (Å²) in [4.78, 5) is 14.1. The van der Waals surface area contributed by atoms with E-state index in [0.717, 1.165) is 27.7 Å². The van der Waals surface area contributed by atoms with Crippen LogP contribution in [0.4, 0.5) is 0 Å². The maximum Gasteiger partial charge on any atom is 0.320 e. The molecule has 0 amide bonds. The Kier molecular flexibility index (Phi) is 3.37. The van der Waals surface area contributed by atoms with E-state index < -0.39 is 12.0 Å². The second-order valence-electron chi connectivity index (χ2n) is 4.80. The van der Waals surface area contributed by atoms with E-state index in [0.29, 0.717) is 0 Å². The minimum absolute atomic E-state index is 0.277. The lowest BCUT2D eigenvalue weighted by atomic mass is 10.0. The number of rotatable bonds is 4. The Morgan fingerprint density at radius 3 is 2.90 bits per heavy atom. The third-order valence-corrected chi connectivity index (χ3v) is 3.41. The standard InChI is InChI=1S/C15H14N4O2/c16-12(15(20)21)7-9-8-17-14-10(9)3-1-4-11(14)13-5-2-6-18-19-13/h1-6,8,12,17H,7,16H2,(H,20,21)/t12-/m0/s1. The summed E-state index contributed by atoms with van der Waals surface area (Å²) in [5.41, 5.74) is 9.09. The Hall–Kier alpha value is -2.73. The van der Waals surface area contributed by atoms with Crippen molar-refractivity contribution >= 4 is 16.9 Å². The molecule has 0 fully saturated rings. The highest BCUT2D eigenvalue weighted by Crippen LogP contribution is 2.28. The van der Waals surface area contributed by atoms with E-state index in [1.165, 1.54) is 0 Å². The van der Waals surface area contributed by atoms with Crippen LogP contribution in [-0.2, 0) is 11.2 Å². The molecule has 1 atom stereocenters. The molecule has 0 unspecified atom stereocenters. The quantitative estimate of drug-likeness (QED) is 0.673. The first-order valence-electron chi connectivity index (χ1n) is 6.52. The molecular formula is C15H14N4O2. The number of nitrogens with two attached hydrogens (primary N) is 1. The highest BCUT2D eigenvalue weighted by atomic mass is 16.4. The van der Waals surface area contributed by atoms with Gasteiger partial charge in [-0.2, -0.15) is 10.2 Å². The van der Waals surface area contributed by atoms with E-state index in [2.05, 4.69) is 15.2 Å². The van der Waals surface area contributed by atoms with Gasteiger partial charge in [-0.05, 0) is 17.7 Å². The normalized spacial score (nSPS) is 12.4. The summed E-state index contributed by atoms with van der Waals surface area (Å²) >= 11 is 0. The van der Waals surface area contributed by atoms with E-state index in [4.69, 9.17) is 10.8 Å². The highest BCUT2D eigenvalue weighted by molar-refractivity contribution is 5.95. The molecule has 6 heteroatoms. The molecule has 4 N–H and O–H groups in total. The van der Waals surface area contributed by atoms with E-state index in [-0.39, 0.29) is 6.42 Å². The molecule has 3 rings (SSSR count). The maximum absolute atomic E-state index is 10.9. The van der Waals surface area contributed by atoms with Crippen molar-refractivity contribution in [1.82, 2.24) is 15.2 Å². The third kappa shape index (κ3) is 2.48. The molecule has 0 saturated heterocycles. The number of hydrogen-bond donors (Lipinski definition) is 3. The summed E-state index contributed by atoms with van der Waals surface area (Å²) in [6, 6.07) is 8.59. The van der Waals surface area contributed by atoms with Crippen LogP contribution in [0.2, 0.25) is 0 Å². The molecule has 0 aliphatic rings. The summed E-state index contributed by atoms with van der Waals surface area (Å²) in [6.07, 6.45) is 3.70. The molecule has 0 aliphatic heterocycles. The summed E-state index contributed by atoms with van der Waals surface area (Å²) in [7, 11) is 0. The second-order valence-corrected chi connectivity index (χ2v) is 4.80. The van der Waals surface area contributed by atoms with Gasteiger partial charge in [-0.25, -0.2) is 0 Å². The molecular weight excluding hydrogens is 268 g/mol. The molecule has 106 valence electrons. The number of benzene rings is 1. The number of aliphatic carboxylic acids is 1. The van der Waals surface area contributed by atoms with Crippen LogP contribution >= 0.6 is 0 Å². The zero-order valence-corrected chi connectivity index (χ0v) is 11.2. The Labute approximate surface area is 120 Å². The van der Waals surface area contributed by atoms with Crippen molar-refractivity contribution in [2.45, 2.75) is 12.5 Å². The molecule has 0 saturated carbocycles. The SMILES string of the molecule is N[C@@H](Cc1c[nH]c2c(-c3cccnn3)cccc12)C(=O)O. The predicted octanol–water partition coefficient (Wildman–Crippen LogP) is 1.58. The number of carboxylic acid groups (broad SMARTS) is 1. The number of H-pyrrole nitrogens is 1. The van der Waals surface area contributed by atoms with E-state index in [1.54, 1.807) is 12.4 Å². The Bertz CT molecular complexity index is 783. The zero-order chi connectivity index (χ0) is 14.8. The fourth-order valence-electron chi connectivity index (χ4n) is 2.36. The Morgan fingerprint density at radius 2 is 2.19 bits per heavy atom. The van der Waals surface area contributed by atoms with Gasteiger partial charge in [-0.3, -0.25) is 4.79 Å². The first-order valence-corrected chi connectivity index (χ1v) is 6.52. The summed E-state index contributed by atoms with van der Waals surface area (Å²) in [5, 5.41) is 17.9. The molecule has 0 aliphatic carbocycles. The molecule has 0 radical (unpaired) electrons. The molecule has 0 bridgehead atoms. The van der Waals surface area contributed by atoms with Gasteiger partial charge in [-0.15, -0.1) is 0 Å². The van der Waals surface area contributed by atoms with Gasteiger partial charge < -0.3 is 15.8 Å². The summed E-state index contributed by atoms with van der Waals surface area (Å²) in [6.45, 7) is 0. The summed E-state index contributed by atoms with van der Waals surface area (Å²) < 4.78 is 0. The minimum Gasteiger partial charge on any atom is -0.480 e. The number of fused-ring (bicyclic) bond motifs is 1. The van der Waals surface area contributed by atoms with Crippen molar-refractivity contribution in [3.05, 3.63) is 48.3 Å². The van der Waals surface area contributed by atoms with Crippen LogP contribution < -0.4 is 5.73 Å². The Morgan fingerprint density at radius 1 is 1.33 bits per heavy atom. The monoisotopic (exact) mass is 282 g/mol. The fraction of sp³-hybridized carbons (Fsp3) is 0.133. The van der Waals surface area contributed by atoms with Crippen LogP contribution in [0.5, 0.6) is 0 Å². The van der Waals surface area contributed by atoms with Crippen LogP contribution in [0.3, 0.4) is 0 Å². The van der Waals surface area contributed by atoms with Gasteiger partial charge in [0.05, 0.1) is 11.2 Å². The summed E-state index contributed by atoms with van der Waals surface area (Å²) in [5.74, 6) is -1.01. The van der Waals surface area contributed by atoms with Crippen molar-refractivity contribution in [2.24, 2.45) is 5.73 Å². The molecule has 0 spiro atoms. The van der Waals surface area contributed by atoms with Gasteiger partial charge >= 0.3 is 5.97 Å². The second kappa shape index (κ2) is 5.34. The lowest BCUT2D eigenvalue weighted by Crippen LogP contribution is -2.32. The van der Waals surface area contributed by atoms with Crippen LogP contribution in [-0.4, -0.2) is 32.3 Å². The molecule has 1 aromatic carbocycles. The zero-order valence-electron chi connectivity index (χ0n) is 11.2. The van der Waals surface area contributed by atoms with Crippen molar-refractivity contribution in [1.29, 1.82) is 0 Å². The van der Waals surface area contributed by atoms with Gasteiger partial charge in [0.15, 0.2) is 0 Å².